The lowest BCUT2D eigenvalue weighted by Crippen LogP contribution is -2.35. The number of ether oxygens (including phenoxy) is 1. The number of nitrogens with zero attached hydrogens (tertiary/aromatic N) is 2. The van der Waals surface area contributed by atoms with E-state index in [1.54, 1.807) is 10.9 Å². The van der Waals surface area contributed by atoms with Gasteiger partial charge in [0.05, 0.1) is 11.9 Å². The van der Waals surface area contributed by atoms with Gasteiger partial charge in [0.15, 0.2) is 0 Å². The maximum absolute atomic E-state index is 11.2. The van der Waals surface area contributed by atoms with Gasteiger partial charge >= 0.3 is 0 Å². The molecule has 0 unspecified atom stereocenters. The lowest BCUT2D eigenvalue weighted by Gasteiger charge is -2.31. The average Bonchev–Trinajstić information content (AvgIpc) is 2.72. The van der Waals surface area contributed by atoms with E-state index in [1.165, 1.54) is 6.26 Å². The molecule has 1 aromatic rings. The van der Waals surface area contributed by atoms with E-state index in [9.17, 15) is 8.42 Å². The molecule has 1 saturated heterocycles. The lowest BCUT2D eigenvalue weighted by molar-refractivity contribution is -0.0307. The number of nitrogens with one attached hydrogen (secondary N) is 1. The third-order valence-electron chi connectivity index (χ3n) is 3.20. The summed E-state index contributed by atoms with van der Waals surface area (Å²) in [6.07, 6.45) is 4.74. The molecular formula is C11H19N3O3S. The maximum atomic E-state index is 11.2. The van der Waals surface area contributed by atoms with Crippen molar-refractivity contribution in [1.29, 1.82) is 0 Å². The molecule has 0 aromatic carbocycles. The first-order chi connectivity index (χ1) is 8.47. The van der Waals surface area contributed by atoms with Crippen molar-refractivity contribution in [2.45, 2.75) is 18.9 Å². The molecule has 2 atom stereocenters. The molecule has 7 heteroatoms. The van der Waals surface area contributed by atoms with Crippen molar-refractivity contribution in [3.8, 4) is 0 Å². The topological polar surface area (TPSA) is 73.2 Å². The summed E-state index contributed by atoms with van der Waals surface area (Å²) in [5.74, 6) is 0.156. The second kappa shape index (κ2) is 5.38. The summed E-state index contributed by atoms with van der Waals surface area (Å²) < 4.78 is 32.5. The predicted octanol–water partition coefficient (Wildman–Crippen LogP) is 0.437. The number of hydrogen-bond donors (Lipinski definition) is 1. The first-order valence-corrected chi connectivity index (χ1v) is 7.90. The molecule has 0 radical (unpaired) electrons. The number of aromatic nitrogens is 2. The van der Waals surface area contributed by atoms with Crippen molar-refractivity contribution < 1.29 is 13.2 Å². The van der Waals surface area contributed by atoms with Crippen molar-refractivity contribution in [2.75, 3.05) is 19.4 Å². The highest BCUT2D eigenvalue weighted by atomic mass is 32.2. The Morgan fingerprint density at radius 3 is 3.00 bits per heavy atom. The zero-order valence-electron chi connectivity index (χ0n) is 10.7. The quantitative estimate of drug-likeness (QED) is 0.864. The molecule has 6 nitrogen and oxygen atoms in total. The molecule has 18 heavy (non-hydrogen) atoms. The van der Waals surface area contributed by atoms with E-state index in [2.05, 4.69) is 9.82 Å². The molecule has 2 rings (SSSR count). The fourth-order valence-electron chi connectivity index (χ4n) is 2.30. The smallest absolute Gasteiger partial charge is 0.208 e. The minimum atomic E-state index is -3.15. The molecule has 1 fully saturated rings. The molecule has 2 heterocycles. The summed E-state index contributed by atoms with van der Waals surface area (Å²) >= 11 is 0. The number of hydrogen-bond acceptors (Lipinski definition) is 4. The Labute approximate surface area is 107 Å². The van der Waals surface area contributed by atoms with Crippen LogP contribution in [0.5, 0.6) is 0 Å². The van der Waals surface area contributed by atoms with Crippen LogP contribution in [0.25, 0.3) is 0 Å². The second-order valence-corrected chi connectivity index (χ2v) is 6.53. The number of sulfonamides is 1. The van der Waals surface area contributed by atoms with Crippen LogP contribution in [0.2, 0.25) is 0 Å². The van der Waals surface area contributed by atoms with E-state index in [0.29, 0.717) is 13.2 Å². The van der Waals surface area contributed by atoms with Crippen molar-refractivity contribution in [1.82, 2.24) is 14.5 Å². The van der Waals surface area contributed by atoms with Gasteiger partial charge in [-0.1, -0.05) is 0 Å². The predicted molar refractivity (Wildman–Crippen MR) is 67.5 cm³/mol. The largest absolute Gasteiger partial charge is 0.372 e. The van der Waals surface area contributed by atoms with Crippen LogP contribution in [0.15, 0.2) is 12.3 Å². The Hall–Kier alpha value is -0.920. The van der Waals surface area contributed by atoms with Crippen LogP contribution in [-0.4, -0.2) is 37.6 Å². The number of rotatable bonds is 4. The Kier molecular flexibility index (Phi) is 4.04. The standard InChI is InChI=1S/C11H19N3O3S/c1-14-10(5-6-12-14)11-9(4-3-7-17-11)8-13-18(2,15)16/h5-6,9,11,13H,3-4,7-8H2,1-2H3/t9-,11+/m0/s1. The average molecular weight is 273 g/mol. The van der Waals surface area contributed by atoms with Gasteiger partial charge in [0.25, 0.3) is 0 Å². The van der Waals surface area contributed by atoms with Gasteiger partial charge in [-0.15, -0.1) is 0 Å². The summed E-state index contributed by atoms with van der Waals surface area (Å²) in [6.45, 7) is 1.12. The van der Waals surface area contributed by atoms with E-state index in [1.807, 2.05) is 13.1 Å². The van der Waals surface area contributed by atoms with Crippen molar-refractivity contribution in [3.63, 3.8) is 0 Å². The van der Waals surface area contributed by atoms with Crippen LogP contribution in [0.1, 0.15) is 24.6 Å². The van der Waals surface area contributed by atoms with Gasteiger partial charge in [-0.05, 0) is 18.9 Å². The van der Waals surface area contributed by atoms with Gasteiger partial charge in [-0.3, -0.25) is 4.68 Å². The van der Waals surface area contributed by atoms with E-state index in [0.717, 1.165) is 18.5 Å². The molecule has 1 aliphatic heterocycles. The monoisotopic (exact) mass is 273 g/mol. The van der Waals surface area contributed by atoms with Gasteiger partial charge in [-0.2, -0.15) is 5.10 Å². The minimum absolute atomic E-state index is 0.0829. The fourth-order valence-corrected chi connectivity index (χ4v) is 2.82. The first kappa shape index (κ1) is 13.5. The highest BCUT2D eigenvalue weighted by Crippen LogP contribution is 2.32. The highest BCUT2D eigenvalue weighted by molar-refractivity contribution is 7.88. The SMILES string of the molecule is Cn1nccc1[C@@H]1OCCC[C@H]1CNS(C)(=O)=O. The van der Waals surface area contributed by atoms with Crippen molar-refractivity contribution in [2.24, 2.45) is 13.0 Å². The minimum Gasteiger partial charge on any atom is -0.372 e. The molecule has 0 saturated carbocycles. The van der Waals surface area contributed by atoms with Crippen LogP contribution in [0.4, 0.5) is 0 Å². The second-order valence-electron chi connectivity index (χ2n) is 4.69. The molecule has 0 spiro atoms. The van der Waals surface area contributed by atoms with Crippen molar-refractivity contribution in [3.05, 3.63) is 18.0 Å². The molecule has 102 valence electrons. The summed E-state index contributed by atoms with van der Waals surface area (Å²) in [4.78, 5) is 0. The zero-order valence-corrected chi connectivity index (χ0v) is 11.5. The first-order valence-electron chi connectivity index (χ1n) is 6.01. The maximum Gasteiger partial charge on any atom is 0.208 e. The summed E-state index contributed by atoms with van der Waals surface area (Å²) in [5.41, 5.74) is 0.995. The molecule has 0 bridgehead atoms. The van der Waals surface area contributed by atoms with Crippen LogP contribution < -0.4 is 4.72 Å². The molecule has 0 aliphatic carbocycles. The molecule has 1 aromatic heterocycles. The van der Waals surface area contributed by atoms with Gasteiger partial charge < -0.3 is 4.74 Å². The lowest BCUT2D eigenvalue weighted by atomic mass is 9.92. The van der Waals surface area contributed by atoms with Crippen LogP contribution in [0, 0.1) is 5.92 Å². The molecule has 1 aliphatic rings. The van der Waals surface area contributed by atoms with Crippen LogP contribution in [-0.2, 0) is 21.8 Å². The molecule has 0 amide bonds. The van der Waals surface area contributed by atoms with E-state index >= 15 is 0 Å². The normalized spacial score (nSPS) is 25.2. The van der Waals surface area contributed by atoms with E-state index in [-0.39, 0.29) is 12.0 Å². The zero-order chi connectivity index (χ0) is 13.2. The van der Waals surface area contributed by atoms with E-state index < -0.39 is 10.0 Å². The van der Waals surface area contributed by atoms with Gasteiger partial charge in [-0.25, -0.2) is 13.1 Å². The van der Waals surface area contributed by atoms with Crippen LogP contribution in [0.3, 0.4) is 0 Å². The third kappa shape index (κ3) is 3.30. The Bertz CT molecular complexity index is 497. The summed E-state index contributed by atoms with van der Waals surface area (Å²) in [6, 6.07) is 1.92. The number of aryl methyl sites for hydroxylation is 1. The van der Waals surface area contributed by atoms with Gasteiger partial charge in [0.1, 0.15) is 6.10 Å². The van der Waals surface area contributed by atoms with Gasteiger partial charge in [0.2, 0.25) is 10.0 Å². The summed E-state index contributed by atoms with van der Waals surface area (Å²) in [7, 11) is -1.28. The Balaban J connectivity index is 2.09. The Morgan fingerprint density at radius 2 is 2.39 bits per heavy atom. The van der Waals surface area contributed by atoms with E-state index in [4.69, 9.17) is 4.74 Å². The van der Waals surface area contributed by atoms with Gasteiger partial charge in [0, 0.05) is 32.3 Å². The highest BCUT2D eigenvalue weighted by Gasteiger charge is 2.29. The fraction of sp³-hybridized carbons (Fsp3) is 0.727. The van der Waals surface area contributed by atoms with Crippen molar-refractivity contribution >= 4 is 10.0 Å². The molecule has 1 N–H and O–H groups in total. The summed E-state index contributed by atoms with van der Waals surface area (Å²) in [5, 5.41) is 4.13. The van der Waals surface area contributed by atoms with Crippen LogP contribution >= 0.6 is 0 Å². The third-order valence-corrected chi connectivity index (χ3v) is 3.89. The Morgan fingerprint density at radius 1 is 1.61 bits per heavy atom. The molecular weight excluding hydrogens is 254 g/mol.